The van der Waals surface area contributed by atoms with E-state index in [2.05, 4.69) is 0 Å². The van der Waals surface area contributed by atoms with Crippen molar-refractivity contribution in [2.24, 2.45) is 0 Å². The van der Waals surface area contributed by atoms with Crippen molar-refractivity contribution < 1.29 is 28.5 Å². The van der Waals surface area contributed by atoms with E-state index in [9.17, 15) is 9.59 Å². The van der Waals surface area contributed by atoms with E-state index >= 15 is 0 Å². The van der Waals surface area contributed by atoms with Gasteiger partial charge in [0.1, 0.15) is 11.9 Å². The molecule has 174 valence electrons. The van der Waals surface area contributed by atoms with Gasteiger partial charge in [-0.05, 0) is 48.6 Å². The summed E-state index contributed by atoms with van der Waals surface area (Å²) in [6.07, 6.45) is -2.95. The third kappa shape index (κ3) is 5.96. The highest BCUT2D eigenvalue weighted by atomic mass is 16.6. The van der Waals surface area contributed by atoms with Gasteiger partial charge in [0.2, 0.25) is 0 Å². The Hall–Kier alpha value is -3.26. The second kappa shape index (κ2) is 11.6. The summed E-state index contributed by atoms with van der Waals surface area (Å²) in [5.74, 6) is -0.789. The van der Waals surface area contributed by atoms with Crippen LogP contribution in [-0.2, 0) is 19.0 Å². The highest BCUT2D eigenvalue weighted by molar-refractivity contribution is 5.89. The van der Waals surface area contributed by atoms with E-state index in [0.717, 1.165) is 10.8 Å². The quantitative estimate of drug-likeness (QED) is 0.263. The number of ether oxygens (including phenoxy) is 4. The number of methoxy groups -OCH3 is 2. The van der Waals surface area contributed by atoms with Gasteiger partial charge in [-0.15, -0.1) is 0 Å². The van der Waals surface area contributed by atoms with E-state index in [4.69, 9.17) is 18.9 Å². The van der Waals surface area contributed by atoms with Crippen LogP contribution < -0.4 is 4.74 Å². The second-order valence-corrected chi connectivity index (χ2v) is 7.52. The molecule has 7 heteroatoms. The Morgan fingerprint density at radius 3 is 2.18 bits per heavy atom. The van der Waals surface area contributed by atoms with Crippen LogP contribution in [0, 0.1) is 0 Å². The molecule has 0 N–H and O–H groups in total. The van der Waals surface area contributed by atoms with E-state index in [1.54, 1.807) is 48.3 Å². The van der Waals surface area contributed by atoms with Gasteiger partial charge in [-0.2, -0.15) is 0 Å². The van der Waals surface area contributed by atoms with Crippen LogP contribution in [0.5, 0.6) is 5.75 Å². The van der Waals surface area contributed by atoms with Crippen LogP contribution in [0.15, 0.2) is 72.8 Å². The Morgan fingerprint density at radius 2 is 1.55 bits per heavy atom. The van der Waals surface area contributed by atoms with Crippen molar-refractivity contribution in [3.63, 3.8) is 0 Å². The van der Waals surface area contributed by atoms with Gasteiger partial charge >= 0.3 is 11.9 Å². The van der Waals surface area contributed by atoms with Crippen LogP contribution in [-0.4, -0.2) is 63.1 Å². The summed E-state index contributed by atoms with van der Waals surface area (Å²) in [5, 5.41) is 1.98. The molecule has 3 aromatic carbocycles. The van der Waals surface area contributed by atoms with Crippen molar-refractivity contribution in [3.8, 4) is 5.75 Å². The monoisotopic (exact) mass is 451 g/mol. The average Bonchev–Trinajstić information content (AvgIpc) is 2.85. The van der Waals surface area contributed by atoms with Crippen LogP contribution in [0.4, 0.5) is 0 Å². The lowest BCUT2D eigenvalue weighted by Gasteiger charge is -2.35. The molecule has 0 saturated heterocycles. The molecule has 0 aliphatic carbocycles. The van der Waals surface area contributed by atoms with Gasteiger partial charge in [0.05, 0.1) is 5.56 Å². The van der Waals surface area contributed by atoms with Crippen molar-refractivity contribution in [1.29, 1.82) is 0 Å². The highest BCUT2D eigenvalue weighted by Gasteiger charge is 2.40. The molecule has 0 aliphatic rings. The molecular weight excluding hydrogens is 422 g/mol. The smallest absolute Gasteiger partial charge is 0.343 e. The fourth-order valence-electron chi connectivity index (χ4n) is 3.50. The standard InChI is InChI=1S/C26H29NO6/c1-5-27(2)24(33-25(28)19-12-7-6-8-13-19)22(30-3)23(31-4)26(29)32-21-16-15-18-11-9-10-14-20(18)17-21/h6-17,22-24H,5H2,1-4H3. The summed E-state index contributed by atoms with van der Waals surface area (Å²) in [4.78, 5) is 27.6. The number of fused-ring (bicyclic) bond motifs is 1. The lowest BCUT2D eigenvalue weighted by Crippen LogP contribution is -2.54. The van der Waals surface area contributed by atoms with Crippen molar-refractivity contribution in [2.45, 2.75) is 25.4 Å². The van der Waals surface area contributed by atoms with Gasteiger partial charge in [-0.3, -0.25) is 4.90 Å². The van der Waals surface area contributed by atoms with E-state index in [-0.39, 0.29) is 0 Å². The lowest BCUT2D eigenvalue weighted by atomic mass is 10.1. The third-order valence-corrected chi connectivity index (χ3v) is 5.45. The minimum absolute atomic E-state index is 0.386. The van der Waals surface area contributed by atoms with E-state index in [1.165, 1.54) is 14.2 Å². The third-order valence-electron chi connectivity index (χ3n) is 5.45. The predicted octanol–water partition coefficient (Wildman–Crippen LogP) is 3.91. The zero-order valence-corrected chi connectivity index (χ0v) is 19.3. The van der Waals surface area contributed by atoms with E-state index < -0.39 is 30.4 Å². The van der Waals surface area contributed by atoms with Gasteiger partial charge < -0.3 is 18.9 Å². The maximum atomic E-state index is 13.1. The van der Waals surface area contributed by atoms with E-state index in [0.29, 0.717) is 17.9 Å². The van der Waals surface area contributed by atoms with Crippen molar-refractivity contribution in [3.05, 3.63) is 78.4 Å². The van der Waals surface area contributed by atoms with Gasteiger partial charge in [0.15, 0.2) is 12.3 Å². The summed E-state index contributed by atoms with van der Waals surface area (Å²) in [6.45, 7) is 2.45. The molecule has 3 rings (SSSR count). The van der Waals surface area contributed by atoms with Crippen LogP contribution in [0.3, 0.4) is 0 Å². The van der Waals surface area contributed by atoms with E-state index in [1.807, 2.05) is 43.3 Å². The van der Waals surface area contributed by atoms with Gasteiger partial charge in [0.25, 0.3) is 0 Å². The zero-order valence-electron chi connectivity index (χ0n) is 19.3. The molecule has 0 bridgehead atoms. The van der Waals surface area contributed by atoms with Gasteiger partial charge in [-0.25, -0.2) is 9.59 Å². The molecule has 0 saturated carbocycles. The summed E-state index contributed by atoms with van der Waals surface area (Å²) >= 11 is 0. The molecular formula is C26H29NO6. The number of esters is 2. The number of carbonyl (C=O) groups is 2. The summed E-state index contributed by atoms with van der Waals surface area (Å²) in [5.41, 5.74) is 0.398. The van der Waals surface area contributed by atoms with Gasteiger partial charge in [0, 0.05) is 14.2 Å². The molecule has 0 amide bonds. The highest BCUT2D eigenvalue weighted by Crippen LogP contribution is 2.23. The Bertz CT molecular complexity index is 1070. The molecule has 3 atom stereocenters. The summed E-state index contributed by atoms with van der Waals surface area (Å²) < 4.78 is 22.4. The van der Waals surface area contributed by atoms with Crippen molar-refractivity contribution >= 4 is 22.7 Å². The molecule has 0 fully saturated rings. The zero-order chi connectivity index (χ0) is 23.8. The molecule has 0 radical (unpaired) electrons. The maximum absolute atomic E-state index is 13.1. The molecule has 3 aromatic rings. The SMILES string of the molecule is CCN(C)C(OC(=O)c1ccccc1)C(OC)C(OC)C(=O)Oc1ccc2ccccc2c1. The first-order valence-electron chi connectivity index (χ1n) is 10.7. The maximum Gasteiger partial charge on any atom is 0.343 e. The normalized spacial score (nSPS) is 14.0. The summed E-state index contributed by atoms with van der Waals surface area (Å²) in [7, 11) is 4.60. The minimum Gasteiger partial charge on any atom is -0.440 e. The molecule has 0 aliphatic heterocycles. The topological polar surface area (TPSA) is 74.3 Å². The molecule has 0 aromatic heterocycles. The molecule has 0 heterocycles. The fraction of sp³-hybridized carbons (Fsp3) is 0.308. The van der Waals surface area contributed by atoms with Crippen LogP contribution in [0.25, 0.3) is 10.8 Å². The number of rotatable bonds is 10. The summed E-state index contributed by atoms with van der Waals surface area (Å²) in [6, 6.07) is 21.8. The Balaban J connectivity index is 1.81. The number of hydrogen-bond acceptors (Lipinski definition) is 7. The van der Waals surface area contributed by atoms with Gasteiger partial charge in [-0.1, -0.05) is 55.5 Å². The minimum atomic E-state index is -1.14. The largest absolute Gasteiger partial charge is 0.440 e. The fourth-order valence-corrected chi connectivity index (χ4v) is 3.50. The lowest BCUT2D eigenvalue weighted by molar-refractivity contribution is -0.174. The first-order valence-corrected chi connectivity index (χ1v) is 10.7. The first kappa shape index (κ1) is 24.4. The average molecular weight is 452 g/mol. The molecule has 33 heavy (non-hydrogen) atoms. The second-order valence-electron chi connectivity index (χ2n) is 7.52. The van der Waals surface area contributed by atoms with Crippen molar-refractivity contribution in [1.82, 2.24) is 4.90 Å². The first-order chi connectivity index (χ1) is 16.0. The Morgan fingerprint density at radius 1 is 0.879 bits per heavy atom. The number of likely N-dealkylation sites (N-methyl/N-ethyl adjacent to an activating group) is 1. The van der Waals surface area contributed by atoms with Crippen molar-refractivity contribution in [2.75, 3.05) is 27.8 Å². The van der Waals surface area contributed by atoms with Crippen LogP contribution in [0.1, 0.15) is 17.3 Å². The Kier molecular flexibility index (Phi) is 8.54. The Labute approximate surface area is 193 Å². The number of hydrogen-bond donors (Lipinski definition) is 0. The number of carbonyl (C=O) groups excluding carboxylic acids is 2. The van der Waals surface area contributed by atoms with Crippen LogP contribution >= 0.6 is 0 Å². The molecule has 3 unspecified atom stereocenters. The predicted molar refractivity (Wildman–Crippen MR) is 125 cm³/mol. The number of nitrogens with zero attached hydrogens (tertiary/aromatic N) is 1. The number of benzene rings is 3. The molecule has 0 spiro atoms. The van der Waals surface area contributed by atoms with Crippen LogP contribution in [0.2, 0.25) is 0 Å². The molecule has 7 nitrogen and oxygen atoms in total.